The van der Waals surface area contributed by atoms with Crippen LogP contribution in [-0.2, 0) is 16.6 Å². The van der Waals surface area contributed by atoms with Gasteiger partial charge in [0.05, 0.1) is 12.3 Å². The molecule has 2 N–H and O–H groups in total. The molecule has 1 aromatic heterocycles. The molecule has 0 bridgehead atoms. The van der Waals surface area contributed by atoms with Gasteiger partial charge in [0.2, 0.25) is 0 Å². The van der Waals surface area contributed by atoms with Gasteiger partial charge in [-0.1, -0.05) is 6.07 Å². The predicted molar refractivity (Wildman–Crippen MR) is 83.8 cm³/mol. The summed E-state index contributed by atoms with van der Waals surface area (Å²) in [5, 5.41) is 9.38. The number of aliphatic hydroxyl groups is 1. The lowest BCUT2D eigenvalue weighted by molar-refractivity contribution is 0.276. The maximum atomic E-state index is 12.6. The molecule has 2 rings (SSSR count). The maximum absolute atomic E-state index is 12.6. The molecule has 7 heteroatoms. The molecular weight excluding hydrogens is 358 g/mol. The molecule has 0 saturated carbocycles. The fraction of sp³-hybridized carbons (Fsp3) is 0.286. The van der Waals surface area contributed by atoms with Crippen molar-refractivity contribution in [2.45, 2.75) is 32.3 Å². The molecule has 0 unspecified atom stereocenters. The molecule has 0 aliphatic heterocycles. The Morgan fingerprint density at radius 1 is 1.24 bits per heavy atom. The Labute approximate surface area is 132 Å². The van der Waals surface area contributed by atoms with Crippen LogP contribution in [0, 0.1) is 20.8 Å². The molecule has 0 aliphatic carbocycles. The van der Waals surface area contributed by atoms with Crippen molar-refractivity contribution < 1.29 is 17.9 Å². The zero-order valence-corrected chi connectivity index (χ0v) is 14.3. The molecule has 0 aliphatic rings. The first kappa shape index (κ1) is 16.1. The molecule has 0 saturated heterocycles. The molecule has 5 nitrogen and oxygen atoms in total. The van der Waals surface area contributed by atoms with E-state index in [0.717, 1.165) is 5.56 Å². The highest BCUT2D eigenvalue weighted by atomic mass is 79.9. The fourth-order valence-electron chi connectivity index (χ4n) is 2.16. The molecule has 0 fully saturated rings. The van der Waals surface area contributed by atoms with Crippen molar-refractivity contribution in [2.75, 3.05) is 4.72 Å². The highest BCUT2D eigenvalue weighted by Gasteiger charge is 2.27. The number of anilines is 1. The van der Waals surface area contributed by atoms with Gasteiger partial charge in [0.25, 0.3) is 10.0 Å². The Kier molecular flexibility index (Phi) is 4.46. The largest absolute Gasteiger partial charge is 0.465 e. The average molecular weight is 374 g/mol. The minimum atomic E-state index is -3.84. The van der Waals surface area contributed by atoms with Crippen molar-refractivity contribution >= 4 is 31.6 Å². The third-order valence-electron chi connectivity index (χ3n) is 3.12. The van der Waals surface area contributed by atoms with Crippen LogP contribution >= 0.6 is 15.9 Å². The standard InChI is InChI=1S/C14H16BrNO4S/c1-8-4-5-12(15)13(6-8)16-21(18,19)14-10(3)20-9(2)11(14)7-17/h4-6,16-17H,7H2,1-3H3. The number of rotatable bonds is 4. The Balaban J connectivity index is 2.51. The minimum Gasteiger partial charge on any atom is -0.465 e. The molecule has 1 aromatic carbocycles. The second kappa shape index (κ2) is 5.82. The number of hydrogen-bond acceptors (Lipinski definition) is 4. The van der Waals surface area contributed by atoms with Crippen LogP contribution in [-0.4, -0.2) is 13.5 Å². The normalized spacial score (nSPS) is 11.7. The van der Waals surface area contributed by atoms with Gasteiger partial charge in [0.15, 0.2) is 0 Å². The monoisotopic (exact) mass is 373 g/mol. The SMILES string of the molecule is Cc1ccc(Br)c(NS(=O)(=O)c2c(C)oc(C)c2CO)c1. The molecule has 1 heterocycles. The molecule has 2 aromatic rings. The van der Waals surface area contributed by atoms with E-state index in [1.807, 2.05) is 13.0 Å². The van der Waals surface area contributed by atoms with E-state index in [1.165, 1.54) is 0 Å². The van der Waals surface area contributed by atoms with Gasteiger partial charge in [0.1, 0.15) is 16.4 Å². The summed E-state index contributed by atoms with van der Waals surface area (Å²) in [6.07, 6.45) is 0. The Hall–Kier alpha value is -1.31. The Bertz CT molecular complexity index is 781. The van der Waals surface area contributed by atoms with E-state index in [2.05, 4.69) is 20.7 Å². The van der Waals surface area contributed by atoms with Crippen molar-refractivity contribution in [3.05, 3.63) is 45.3 Å². The molecule has 0 radical (unpaired) electrons. The van der Waals surface area contributed by atoms with Crippen molar-refractivity contribution in [3.8, 4) is 0 Å². The van der Waals surface area contributed by atoms with Gasteiger partial charge in [-0.05, 0) is 54.4 Å². The van der Waals surface area contributed by atoms with E-state index < -0.39 is 16.6 Å². The summed E-state index contributed by atoms with van der Waals surface area (Å²) < 4.78 is 33.6. The highest BCUT2D eigenvalue weighted by molar-refractivity contribution is 9.10. The lowest BCUT2D eigenvalue weighted by Gasteiger charge is -2.11. The summed E-state index contributed by atoms with van der Waals surface area (Å²) in [6, 6.07) is 5.37. The van der Waals surface area contributed by atoms with E-state index in [1.54, 1.807) is 26.0 Å². The minimum absolute atomic E-state index is 0.00379. The van der Waals surface area contributed by atoms with Crippen LogP contribution in [0.5, 0.6) is 0 Å². The average Bonchev–Trinajstić information content (AvgIpc) is 2.68. The van der Waals surface area contributed by atoms with Crippen LogP contribution in [0.15, 0.2) is 32.0 Å². The first-order valence-electron chi connectivity index (χ1n) is 6.25. The summed E-state index contributed by atoms with van der Waals surface area (Å²) in [4.78, 5) is -0.00379. The fourth-order valence-corrected chi connectivity index (χ4v) is 4.15. The smallest absolute Gasteiger partial charge is 0.265 e. The summed E-state index contributed by atoms with van der Waals surface area (Å²) in [7, 11) is -3.84. The van der Waals surface area contributed by atoms with Gasteiger partial charge in [-0.2, -0.15) is 0 Å². The van der Waals surface area contributed by atoms with Crippen LogP contribution in [0.3, 0.4) is 0 Å². The third-order valence-corrected chi connectivity index (χ3v) is 5.37. The van der Waals surface area contributed by atoms with Crippen molar-refractivity contribution in [1.82, 2.24) is 0 Å². The van der Waals surface area contributed by atoms with E-state index in [4.69, 9.17) is 4.42 Å². The van der Waals surface area contributed by atoms with Crippen LogP contribution < -0.4 is 4.72 Å². The predicted octanol–water partition coefficient (Wildman–Crippen LogP) is 3.26. The van der Waals surface area contributed by atoms with E-state index >= 15 is 0 Å². The lowest BCUT2D eigenvalue weighted by atomic mass is 10.2. The Morgan fingerprint density at radius 3 is 2.52 bits per heavy atom. The number of benzene rings is 1. The number of halogens is 1. The molecular formula is C14H16BrNO4S. The van der Waals surface area contributed by atoms with Gasteiger partial charge in [-0.3, -0.25) is 4.72 Å². The number of hydrogen-bond donors (Lipinski definition) is 2. The number of furan rings is 1. The van der Waals surface area contributed by atoms with Gasteiger partial charge in [-0.15, -0.1) is 0 Å². The van der Waals surface area contributed by atoms with Crippen molar-refractivity contribution in [2.24, 2.45) is 0 Å². The second-order valence-corrected chi connectivity index (χ2v) is 7.24. The Morgan fingerprint density at radius 2 is 1.90 bits per heavy atom. The molecule has 0 spiro atoms. The quantitative estimate of drug-likeness (QED) is 0.861. The zero-order valence-electron chi connectivity index (χ0n) is 11.9. The number of sulfonamides is 1. The number of nitrogens with one attached hydrogen (secondary N) is 1. The summed E-state index contributed by atoms with van der Waals surface area (Å²) >= 11 is 3.32. The van der Waals surface area contributed by atoms with Gasteiger partial charge < -0.3 is 9.52 Å². The number of aryl methyl sites for hydroxylation is 3. The topological polar surface area (TPSA) is 79.5 Å². The van der Waals surface area contributed by atoms with Crippen LogP contribution in [0.4, 0.5) is 5.69 Å². The van der Waals surface area contributed by atoms with E-state index in [-0.39, 0.29) is 16.2 Å². The summed E-state index contributed by atoms with van der Waals surface area (Å²) in [5.74, 6) is 0.659. The molecule has 0 amide bonds. The maximum Gasteiger partial charge on any atom is 0.265 e. The van der Waals surface area contributed by atoms with Gasteiger partial charge >= 0.3 is 0 Å². The van der Waals surface area contributed by atoms with Crippen molar-refractivity contribution in [1.29, 1.82) is 0 Å². The van der Waals surface area contributed by atoms with E-state index in [0.29, 0.717) is 15.9 Å². The first-order chi connectivity index (χ1) is 9.76. The van der Waals surface area contributed by atoms with Gasteiger partial charge in [0, 0.05) is 10.0 Å². The zero-order chi connectivity index (χ0) is 15.8. The van der Waals surface area contributed by atoms with Crippen LogP contribution in [0.1, 0.15) is 22.6 Å². The summed E-state index contributed by atoms with van der Waals surface area (Å²) in [6.45, 7) is 4.66. The van der Waals surface area contributed by atoms with E-state index in [9.17, 15) is 13.5 Å². The van der Waals surface area contributed by atoms with Crippen LogP contribution in [0.25, 0.3) is 0 Å². The van der Waals surface area contributed by atoms with Gasteiger partial charge in [-0.25, -0.2) is 8.42 Å². The van der Waals surface area contributed by atoms with Crippen molar-refractivity contribution in [3.63, 3.8) is 0 Å². The second-order valence-electron chi connectivity index (χ2n) is 4.77. The highest BCUT2D eigenvalue weighted by Crippen LogP contribution is 2.31. The summed E-state index contributed by atoms with van der Waals surface area (Å²) in [5.41, 5.74) is 1.65. The van der Waals surface area contributed by atoms with Crippen LogP contribution in [0.2, 0.25) is 0 Å². The third kappa shape index (κ3) is 3.14. The lowest BCUT2D eigenvalue weighted by Crippen LogP contribution is -2.15. The number of aliphatic hydroxyl groups excluding tert-OH is 1. The molecule has 114 valence electrons. The first-order valence-corrected chi connectivity index (χ1v) is 8.52. The molecule has 0 atom stereocenters. The molecule has 21 heavy (non-hydrogen) atoms.